The van der Waals surface area contributed by atoms with Gasteiger partial charge >= 0.3 is 5.82 Å². The minimum Gasteiger partial charge on any atom is -0.358 e. The number of piperazine rings is 1. The number of hydrogen-bond acceptors (Lipinski definition) is 6. The van der Waals surface area contributed by atoms with Crippen LogP contribution in [0.1, 0.15) is 64.7 Å². The van der Waals surface area contributed by atoms with Gasteiger partial charge in [0.15, 0.2) is 0 Å². The molecule has 0 unspecified atom stereocenters. The number of nitrogens with zero attached hydrogens (tertiary/aromatic N) is 4. The first kappa shape index (κ1) is 23.9. The van der Waals surface area contributed by atoms with Gasteiger partial charge in [-0.2, -0.15) is 0 Å². The lowest BCUT2D eigenvalue weighted by molar-refractivity contribution is -0.389. The minimum atomic E-state index is -0.443. The number of nitro groups is 1. The zero-order valence-corrected chi connectivity index (χ0v) is 20.0. The Morgan fingerprint density at radius 2 is 2.06 bits per heavy atom. The molecule has 1 amide bonds. The number of anilines is 1. The van der Waals surface area contributed by atoms with E-state index >= 15 is 0 Å². The number of carbonyl (C=O) groups is 1. The van der Waals surface area contributed by atoms with E-state index in [1.54, 1.807) is 6.07 Å². The first-order valence-electron chi connectivity index (χ1n) is 12.9. The van der Waals surface area contributed by atoms with E-state index in [0.29, 0.717) is 11.7 Å². The average Bonchev–Trinajstić information content (AvgIpc) is 2.83. The molecule has 4 rings (SSSR count). The Bertz CT molecular complexity index is 826. The van der Waals surface area contributed by atoms with Crippen LogP contribution in [0, 0.1) is 27.4 Å². The number of rotatable bonds is 9. The highest BCUT2D eigenvalue weighted by Crippen LogP contribution is 2.51. The molecule has 1 aromatic rings. The molecule has 1 aromatic heterocycles. The summed E-state index contributed by atoms with van der Waals surface area (Å²) in [7, 11) is 0. The fraction of sp³-hybridized carbons (Fsp3) is 0.760. The summed E-state index contributed by atoms with van der Waals surface area (Å²) in [6.45, 7) is 7.59. The van der Waals surface area contributed by atoms with E-state index in [9.17, 15) is 14.9 Å². The van der Waals surface area contributed by atoms with Crippen LogP contribution in [0.2, 0.25) is 0 Å². The number of hydrogen-bond donors (Lipinski definition) is 1. The van der Waals surface area contributed by atoms with Crippen molar-refractivity contribution in [2.24, 2.45) is 17.3 Å². The Labute approximate surface area is 197 Å². The van der Waals surface area contributed by atoms with Crippen molar-refractivity contribution in [1.29, 1.82) is 0 Å². The molecule has 2 aliphatic carbocycles. The molecule has 1 N–H and O–H groups in total. The SMILES string of the molecule is CC[C@@H]1C[C@@H]2CCC[C@](C(=O)NCCCCN3CCN(c4cccc([N+](=O)[O-])n4)CC3)(C1)C2. The van der Waals surface area contributed by atoms with Crippen molar-refractivity contribution in [2.45, 2.75) is 64.7 Å². The fourth-order valence-corrected chi connectivity index (χ4v) is 6.33. The molecule has 33 heavy (non-hydrogen) atoms. The minimum absolute atomic E-state index is 0.0846. The summed E-state index contributed by atoms with van der Waals surface area (Å²) in [4.78, 5) is 32.4. The van der Waals surface area contributed by atoms with Gasteiger partial charge in [0.25, 0.3) is 0 Å². The number of pyridine rings is 1. The quantitative estimate of drug-likeness (QED) is 0.342. The maximum absolute atomic E-state index is 13.1. The summed E-state index contributed by atoms with van der Waals surface area (Å²) in [6, 6.07) is 4.97. The van der Waals surface area contributed by atoms with Crippen molar-refractivity contribution in [1.82, 2.24) is 15.2 Å². The molecule has 2 saturated carbocycles. The van der Waals surface area contributed by atoms with Crippen molar-refractivity contribution in [3.63, 3.8) is 0 Å². The predicted molar refractivity (Wildman–Crippen MR) is 129 cm³/mol. The van der Waals surface area contributed by atoms with Crippen molar-refractivity contribution in [3.8, 4) is 0 Å². The first-order chi connectivity index (χ1) is 16.0. The fourth-order valence-electron chi connectivity index (χ4n) is 6.33. The molecule has 0 spiro atoms. The second kappa shape index (κ2) is 10.8. The Balaban J connectivity index is 1.15. The Hall–Kier alpha value is -2.22. The van der Waals surface area contributed by atoms with E-state index in [-0.39, 0.29) is 11.2 Å². The number of unbranched alkanes of at least 4 members (excludes halogenated alkanes) is 1. The summed E-state index contributed by atoms with van der Waals surface area (Å²) < 4.78 is 0. The van der Waals surface area contributed by atoms with Gasteiger partial charge in [0.2, 0.25) is 11.7 Å². The second-order valence-electron chi connectivity index (χ2n) is 10.4. The van der Waals surface area contributed by atoms with Gasteiger partial charge in [0, 0.05) is 50.3 Å². The van der Waals surface area contributed by atoms with Gasteiger partial charge in [-0.05, 0) is 72.9 Å². The summed E-state index contributed by atoms with van der Waals surface area (Å²) in [5, 5.41) is 14.3. The third-order valence-corrected chi connectivity index (χ3v) is 8.14. The number of aromatic nitrogens is 1. The highest BCUT2D eigenvalue weighted by Gasteiger charge is 2.47. The molecule has 2 bridgehead atoms. The molecular weight excluding hydrogens is 418 g/mol. The number of nitrogens with one attached hydrogen (secondary N) is 1. The van der Waals surface area contributed by atoms with Crippen LogP contribution in [-0.4, -0.2) is 60.0 Å². The zero-order valence-electron chi connectivity index (χ0n) is 20.0. The molecule has 3 fully saturated rings. The van der Waals surface area contributed by atoms with Gasteiger partial charge in [0.05, 0.1) is 0 Å². The lowest BCUT2D eigenvalue weighted by Crippen LogP contribution is -2.48. The molecule has 1 aliphatic heterocycles. The van der Waals surface area contributed by atoms with Crippen LogP contribution in [0.3, 0.4) is 0 Å². The molecule has 3 aliphatic rings. The second-order valence-corrected chi connectivity index (χ2v) is 10.4. The lowest BCUT2D eigenvalue weighted by atomic mass is 9.58. The van der Waals surface area contributed by atoms with Crippen molar-refractivity contribution < 1.29 is 9.72 Å². The van der Waals surface area contributed by atoms with E-state index in [1.165, 1.54) is 31.7 Å². The maximum atomic E-state index is 13.1. The number of fused-ring (bicyclic) bond motifs is 2. The summed E-state index contributed by atoms with van der Waals surface area (Å²) in [5.74, 6) is 2.40. The number of carbonyl (C=O) groups excluding carboxylic acids is 1. The average molecular weight is 458 g/mol. The molecule has 0 radical (unpaired) electrons. The Morgan fingerprint density at radius 3 is 2.82 bits per heavy atom. The van der Waals surface area contributed by atoms with Crippen molar-refractivity contribution in [3.05, 3.63) is 28.3 Å². The predicted octanol–water partition coefficient (Wildman–Crippen LogP) is 4.00. The zero-order chi connectivity index (χ0) is 23.3. The van der Waals surface area contributed by atoms with Gasteiger partial charge in [-0.1, -0.05) is 26.2 Å². The van der Waals surface area contributed by atoms with Gasteiger partial charge < -0.3 is 20.3 Å². The van der Waals surface area contributed by atoms with Crippen molar-refractivity contribution >= 4 is 17.5 Å². The van der Waals surface area contributed by atoms with Gasteiger partial charge in [-0.25, -0.2) is 0 Å². The van der Waals surface area contributed by atoms with Gasteiger partial charge in [0.1, 0.15) is 0 Å². The van der Waals surface area contributed by atoms with Crippen LogP contribution in [-0.2, 0) is 4.79 Å². The molecule has 1 saturated heterocycles. The molecular formula is C25H39N5O3. The van der Waals surface area contributed by atoms with E-state index in [2.05, 4.69) is 27.0 Å². The van der Waals surface area contributed by atoms with Crippen LogP contribution in [0.5, 0.6) is 0 Å². The summed E-state index contributed by atoms with van der Waals surface area (Å²) >= 11 is 0. The van der Waals surface area contributed by atoms with Gasteiger partial charge in [-0.15, -0.1) is 0 Å². The third-order valence-electron chi connectivity index (χ3n) is 8.14. The highest BCUT2D eigenvalue weighted by molar-refractivity contribution is 5.82. The molecule has 182 valence electrons. The van der Waals surface area contributed by atoms with Crippen LogP contribution in [0.15, 0.2) is 18.2 Å². The van der Waals surface area contributed by atoms with E-state index in [1.807, 2.05) is 6.07 Å². The van der Waals surface area contributed by atoms with Crippen LogP contribution in [0.25, 0.3) is 0 Å². The van der Waals surface area contributed by atoms with Crippen molar-refractivity contribution in [2.75, 3.05) is 44.2 Å². The first-order valence-corrected chi connectivity index (χ1v) is 12.9. The summed E-state index contributed by atoms with van der Waals surface area (Å²) in [6.07, 6.45) is 10.4. The topological polar surface area (TPSA) is 91.6 Å². The van der Waals surface area contributed by atoms with Gasteiger partial charge in [-0.3, -0.25) is 9.69 Å². The lowest BCUT2D eigenvalue weighted by Gasteiger charge is -2.47. The maximum Gasteiger partial charge on any atom is 0.365 e. The Morgan fingerprint density at radius 1 is 1.24 bits per heavy atom. The molecule has 2 heterocycles. The molecule has 0 aromatic carbocycles. The monoisotopic (exact) mass is 457 g/mol. The smallest absolute Gasteiger partial charge is 0.358 e. The van der Waals surface area contributed by atoms with Crippen LogP contribution in [0.4, 0.5) is 11.6 Å². The molecule has 8 nitrogen and oxygen atoms in total. The highest BCUT2D eigenvalue weighted by atomic mass is 16.6. The summed E-state index contributed by atoms with van der Waals surface area (Å²) in [5.41, 5.74) is -0.0846. The number of amides is 1. The normalized spacial score (nSPS) is 27.8. The largest absolute Gasteiger partial charge is 0.365 e. The van der Waals surface area contributed by atoms with E-state index in [4.69, 9.17) is 0 Å². The van der Waals surface area contributed by atoms with Crippen LogP contribution >= 0.6 is 0 Å². The third kappa shape index (κ3) is 5.83. The Kier molecular flexibility index (Phi) is 7.83. The van der Waals surface area contributed by atoms with Crippen LogP contribution < -0.4 is 10.2 Å². The molecule has 3 atom stereocenters. The van der Waals surface area contributed by atoms with E-state index in [0.717, 1.165) is 83.2 Å². The molecule has 8 heteroatoms. The van der Waals surface area contributed by atoms with E-state index < -0.39 is 4.92 Å². The standard InChI is InChI=1S/C25H39N5O3/c1-2-20-17-21-7-6-10-25(18-20,19-21)24(31)26-11-3-4-12-28-13-15-29(16-14-28)22-8-5-9-23(27-22)30(32)33/h5,8-9,20-21H,2-4,6-7,10-19H2,1H3,(H,26,31)/t20-,21+,25+/m1/s1.